The summed E-state index contributed by atoms with van der Waals surface area (Å²) in [5.41, 5.74) is -0.163. The maximum atomic E-state index is 13.0. The number of hydrogen-bond donors (Lipinski definition) is 2. The summed E-state index contributed by atoms with van der Waals surface area (Å²) >= 11 is 0. The van der Waals surface area contributed by atoms with E-state index in [2.05, 4.69) is 27.4 Å². The van der Waals surface area contributed by atoms with E-state index in [9.17, 15) is 18.0 Å². The highest BCUT2D eigenvalue weighted by Crippen LogP contribution is 2.30. The van der Waals surface area contributed by atoms with Crippen LogP contribution in [-0.4, -0.2) is 41.5 Å². The molecule has 1 aromatic heterocycles. The Labute approximate surface area is 155 Å². The Morgan fingerprint density at radius 1 is 1.30 bits per heavy atom. The third kappa shape index (κ3) is 4.84. The summed E-state index contributed by atoms with van der Waals surface area (Å²) in [5, 5.41) is 5.85. The summed E-state index contributed by atoms with van der Waals surface area (Å²) in [4.78, 5) is 17.9. The molecule has 1 saturated heterocycles. The average Bonchev–Trinajstić information content (AvgIpc) is 2.64. The van der Waals surface area contributed by atoms with Gasteiger partial charge in [-0.2, -0.15) is 13.2 Å². The molecule has 0 aliphatic carbocycles. The molecule has 144 valence electrons. The summed E-state index contributed by atoms with van der Waals surface area (Å²) in [7, 11) is 0. The number of carbonyl (C=O) groups excluding carboxylic acids is 1. The van der Waals surface area contributed by atoms with Crippen LogP contribution in [0.5, 0.6) is 0 Å². The van der Waals surface area contributed by atoms with Gasteiger partial charge in [-0.25, -0.2) is 0 Å². The number of nitrogens with zero attached hydrogens (tertiary/aromatic N) is 2. The van der Waals surface area contributed by atoms with Crippen LogP contribution >= 0.6 is 0 Å². The van der Waals surface area contributed by atoms with Crippen molar-refractivity contribution in [1.82, 2.24) is 15.2 Å². The van der Waals surface area contributed by atoms with Crippen molar-refractivity contribution in [3.63, 3.8) is 0 Å². The number of halogens is 3. The maximum Gasteiger partial charge on any atom is 0.434 e. The van der Waals surface area contributed by atoms with E-state index < -0.39 is 23.3 Å². The quantitative estimate of drug-likeness (QED) is 0.858. The Balaban J connectivity index is 1.67. The van der Waals surface area contributed by atoms with Gasteiger partial charge in [0.2, 0.25) is 0 Å². The summed E-state index contributed by atoms with van der Waals surface area (Å²) < 4.78 is 39.0. The number of hydrogen-bond acceptors (Lipinski definition) is 4. The average molecular weight is 378 g/mol. The molecule has 3 rings (SSSR count). The van der Waals surface area contributed by atoms with Crippen molar-refractivity contribution in [2.45, 2.75) is 25.7 Å². The predicted molar refractivity (Wildman–Crippen MR) is 96.4 cm³/mol. The number of aromatic nitrogens is 1. The molecule has 0 unspecified atom stereocenters. The molecule has 27 heavy (non-hydrogen) atoms. The lowest BCUT2D eigenvalue weighted by Crippen LogP contribution is -2.49. The van der Waals surface area contributed by atoms with Crippen molar-refractivity contribution >= 4 is 11.6 Å². The van der Waals surface area contributed by atoms with Crippen LogP contribution in [-0.2, 0) is 12.7 Å². The number of benzene rings is 1. The first-order chi connectivity index (χ1) is 12.8. The molecular weight excluding hydrogens is 357 g/mol. The van der Waals surface area contributed by atoms with Crippen LogP contribution in [0.1, 0.15) is 28.5 Å². The Kier molecular flexibility index (Phi) is 5.76. The molecule has 2 N–H and O–H groups in total. The van der Waals surface area contributed by atoms with Crippen LogP contribution < -0.4 is 10.6 Å². The molecule has 2 aromatic rings. The second-order valence-corrected chi connectivity index (χ2v) is 6.57. The van der Waals surface area contributed by atoms with Crippen molar-refractivity contribution in [3.8, 4) is 0 Å². The normalized spacial score (nSPS) is 18.3. The third-order valence-corrected chi connectivity index (χ3v) is 4.56. The van der Waals surface area contributed by atoms with E-state index in [-0.39, 0.29) is 0 Å². The van der Waals surface area contributed by atoms with Crippen LogP contribution in [0.2, 0.25) is 0 Å². The topological polar surface area (TPSA) is 57.3 Å². The van der Waals surface area contributed by atoms with E-state index >= 15 is 0 Å². The highest BCUT2D eigenvalue weighted by atomic mass is 19.4. The smallest absolute Gasteiger partial charge is 0.322 e. The zero-order valence-corrected chi connectivity index (χ0v) is 14.9. The van der Waals surface area contributed by atoms with Crippen molar-refractivity contribution in [3.05, 3.63) is 59.4 Å². The minimum absolute atomic E-state index is 0.435. The highest BCUT2D eigenvalue weighted by molar-refractivity contribution is 6.05. The summed E-state index contributed by atoms with van der Waals surface area (Å²) in [6, 6.07) is 10.0. The van der Waals surface area contributed by atoms with Crippen LogP contribution in [0.25, 0.3) is 0 Å². The van der Waals surface area contributed by atoms with Gasteiger partial charge >= 0.3 is 6.18 Å². The van der Waals surface area contributed by atoms with Gasteiger partial charge in [-0.1, -0.05) is 12.1 Å². The van der Waals surface area contributed by atoms with Gasteiger partial charge in [0.1, 0.15) is 0 Å². The summed E-state index contributed by atoms with van der Waals surface area (Å²) in [6.07, 6.45) is -3.66. The van der Waals surface area contributed by atoms with Crippen LogP contribution in [0, 0.1) is 0 Å². The van der Waals surface area contributed by atoms with Gasteiger partial charge in [-0.3, -0.25) is 14.7 Å². The van der Waals surface area contributed by atoms with E-state index in [1.165, 1.54) is 6.07 Å². The van der Waals surface area contributed by atoms with Gasteiger partial charge in [-0.05, 0) is 36.8 Å². The molecule has 5 nitrogen and oxygen atoms in total. The van der Waals surface area contributed by atoms with Gasteiger partial charge in [0.15, 0.2) is 5.69 Å². The summed E-state index contributed by atoms with van der Waals surface area (Å²) in [5.74, 6) is -0.834. The largest absolute Gasteiger partial charge is 0.434 e. The number of nitrogens with one attached hydrogen (secondary N) is 2. The number of anilines is 1. The Morgan fingerprint density at radius 2 is 2.04 bits per heavy atom. The van der Waals surface area contributed by atoms with Crippen molar-refractivity contribution in [2.24, 2.45) is 0 Å². The number of alkyl halides is 3. The lowest BCUT2D eigenvalue weighted by Gasteiger charge is -2.33. The molecule has 1 fully saturated rings. The number of amides is 1. The molecule has 1 aliphatic heterocycles. The molecule has 1 amide bonds. The standard InChI is InChI=1S/C19H21F3N4O/c1-13-11-23-9-10-26(13)12-14-4-6-15(7-5-14)25-18(27)16-3-2-8-24-17(16)19(20,21)22/h2-8,13,23H,9-12H2,1H3,(H,25,27)/t13-/m0/s1. The number of rotatable bonds is 4. The van der Waals surface area contributed by atoms with E-state index in [1.807, 2.05) is 12.1 Å². The molecule has 1 aliphatic rings. The molecule has 0 saturated carbocycles. The lowest BCUT2D eigenvalue weighted by atomic mass is 10.1. The fourth-order valence-corrected chi connectivity index (χ4v) is 3.06. The molecule has 0 spiro atoms. The van der Waals surface area contributed by atoms with E-state index in [0.29, 0.717) is 11.7 Å². The maximum absolute atomic E-state index is 13.0. The van der Waals surface area contributed by atoms with Crippen molar-refractivity contribution in [1.29, 1.82) is 0 Å². The van der Waals surface area contributed by atoms with Crippen molar-refractivity contribution < 1.29 is 18.0 Å². The molecule has 1 atom stereocenters. The first kappa shape index (κ1) is 19.3. The van der Waals surface area contributed by atoms with Crippen LogP contribution in [0.15, 0.2) is 42.6 Å². The molecule has 0 radical (unpaired) electrons. The Bertz CT molecular complexity index is 792. The lowest BCUT2D eigenvalue weighted by molar-refractivity contribution is -0.141. The zero-order chi connectivity index (χ0) is 19.4. The second-order valence-electron chi connectivity index (χ2n) is 6.57. The minimum atomic E-state index is -4.68. The second kappa shape index (κ2) is 8.06. The van der Waals surface area contributed by atoms with E-state index in [0.717, 1.165) is 44.0 Å². The first-order valence-electron chi connectivity index (χ1n) is 8.72. The fraction of sp³-hybridized carbons (Fsp3) is 0.368. The third-order valence-electron chi connectivity index (χ3n) is 4.56. The summed E-state index contributed by atoms with van der Waals surface area (Å²) in [6.45, 7) is 5.80. The van der Waals surface area contributed by atoms with Crippen LogP contribution in [0.3, 0.4) is 0 Å². The van der Waals surface area contributed by atoms with Crippen LogP contribution in [0.4, 0.5) is 18.9 Å². The highest BCUT2D eigenvalue weighted by Gasteiger charge is 2.36. The predicted octanol–water partition coefficient (Wildman–Crippen LogP) is 3.15. The first-order valence-corrected chi connectivity index (χ1v) is 8.72. The van der Waals surface area contributed by atoms with E-state index in [1.54, 1.807) is 12.1 Å². The molecule has 8 heteroatoms. The number of piperazine rings is 1. The van der Waals surface area contributed by atoms with Gasteiger partial charge in [0, 0.05) is 44.1 Å². The Morgan fingerprint density at radius 3 is 2.70 bits per heavy atom. The SMILES string of the molecule is C[C@H]1CNCCN1Cc1ccc(NC(=O)c2cccnc2C(F)(F)F)cc1. The number of pyridine rings is 1. The van der Waals surface area contributed by atoms with Gasteiger partial charge in [-0.15, -0.1) is 0 Å². The van der Waals surface area contributed by atoms with Gasteiger partial charge in [0.25, 0.3) is 5.91 Å². The molecule has 2 heterocycles. The fourth-order valence-electron chi connectivity index (χ4n) is 3.06. The van der Waals surface area contributed by atoms with Crippen molar-refractivity contribution in [2.75, 3.05) is 25.0 Å². The number of carbonyl (C=O) groups is 1. The minimum Gasteiger partial charge on any atom is -0.322 e. The van der Waals surface area contributed by atoms with Gasteiger partial charge in [0.05, 0.1) is 5.56 Å². The Hall–Kier alpha value is -2.45. The molecule has 1 aromatic carbocycles. The van der Waals surface area contributed by atoms with Gasteiger partial charge < -0.3 is 10.6 Å². The van der Waals surface area contributed by atoms with E-state index in [4.69, 9.17) is 0 Å². The zero-order valence-electron chi connectivity index (χ0n) is 14.9. The monoisotopic (exact) mass is 378 g/mol. The molecular formula is C19H21F3N4O. The molecule has 0 bridgehead atoms.